The highest BCUT2D eigenvalue weighted by Gasteiger charge is 2.30. The maximum Gasteiger partial charge on any atom is 0.0248 e. The van der Waals surface area contributed by atoms with E-state index < -0.39 is 0 Å². The monoisotopic (exact) mass is 255 g/mol. The van der Waals surface area contributed by atoms with Gasteiger partial charge in [-0.1, -0.05) is 20.8 Å². The summed E-state index contributed by atoms with van der Waals surface area (Å²) in [5.74, 6) is 0. The molecule has 0 saturated carbocycles. The summed E-state index contributed by atoms with van der Waals surface area (Å²) in [6.45, 7) is 19.8. The first-order valence-electron chi connectivity index (χ1n) is 7.26. The molecule has 3 nitrogen and oxygen atoms in total. The molecular formula is C15H33N3. The van der Waals surface area contributed by atoms with Gasteiger partial charge in [-0.15, -0.1) is 0 Å². The molecule has 1 saturated heterocycles. The fourth-order valence-corrected chi connectivity index (χ4v) is 2.35. The van der Waals surface area contributed by atoms with Crippen molar-refractivity contribution in [2.45, 2.75) is 53.1 Å². The largest absolute Gasteiger partial charge is 0.308 e. The van der Waals surface area contributed by atoms with Crippen molar-refractivity contribution < 1.29 is 0 Å². The van der Waals surface area contributed by atoms with Gasteiger partial charge in [0.2, 0.25) is 0 Å². The predicted octanol–water partition coefficient (Wildman–Crippen LogP) is 2.04. The Morgan fingerprint density at radius 2 is 1.44 bits per heavy atom. The molecule has 1 fully saturated rings. The third-order valence-corrected chi connectivity index (χ3v) is 3.69. The van der Waals surface area contributed by atoms with Crippen LogP contribution in [0.4, 0.5) is 0 Å². The van der Waals surface area contributed by atoms with Gasteiger partial charge in [-0.3, -0.25) is 4.90 Å². The van der Waals surface area contributed by atoms with Gasteiger partial charge in [-0.25, -0.2) is 0 Å². The maximum absolute atomic E-state index is 3.80. The Bertz CT molecular complexity index is 241. The molecule has 0 aromatic rings. The molecule has 0 aromatic carbocycles. The van der Waals surface area contributed by atoms with Crippen molar-refractivity contribution in [3.63, 3.8) is 0 Å². The van der Waals surface area contributed by atoms with Crippen molar-refractivity contribution in [2.24, 2.45) is 5.41 Å². The quantitative estimate of drug-likeness (QED) is 0.832. The van der Waals surface area contributed by atoms with Crippen LogP contribution in [0.5, 0.6) is 0 Å². The second-order valence-electron chi connectivity index (χ2n) is 7.92. The van der Waals surface area contributed by atoms with E-state index in [0.29, 0.717) is 11.5 Å². The fraction of sp³-hybridized carbons (Fsp3) is 1.00. The molecule has 3 heteroatoms. The summed E-state index contributed by atoms with van der Waals surface area (Å²) in [6.07, 6.45) is 0. The first-order chi connectivity index (χ1) is 8.08. The molecule has 108 valence electrons. The lowest BCUT2D eigenvalue weighted by Crippen LogP contribution is -2.57. The van der Waals surface area contributed by atoms with E-state index in [1.165, 1.54) is 26.2 Å². The molecule has 1 aliphatic heterocycles. The van der Waals surface area contributed by atoms with E-state index in [-0.39, 0.29) is 5.54 Å². The van der Waals surface area contributed by atoms with E-state index >= 15 is 0 Å². The molecule has 0 spiro atoms. The highest BCUT2D eigenvalue weighted by Crippen LogP contribution is 2.22. The van der Waals surface area contributed by atoms with Crippen molar-refractivity contribution >= 4 is 0 Å². The van der Waals surface area contributed by atoms with E-state index in [4.69, 9.17) is 0 Å². The smallest absolute Gasteiger partial charge is 0.0248 e. The Labute approximate surface area is 114 Å². The lowest BCUT2D eigenvalue weighted by atomic mass is 9.84. The van der Waals surface area contributed by atoms with Crippen LogP contribution in [0.15, 0.2) is 0 Å². The van der Waals surface area contributed by atoms with Crippen molar-refractivity contribution in [3.8, 4) is 0 Å². The van der Waals surface area contributed by atoms with Crippen LogP contribution < -0.4 is 5.32 Å². The van der Waals surface area contributed by atoms with Gasteiger partial charge in [0, 0.05) is 44.3 Å². The predicted molar refractivity (Wildman–Crippen MR) is 80.1 cm³/mol. The van der Waals surface area contributed by atoms with E-state index in [2.05, 4.69) is 63.7 Å². The van der Waals surface area contributed by atoms with Gasteiger partial charge in [-0.2, -0.15) is 0 Å². The molecule has 0 aromatic heterocycles. The van der Waals surface area contributed by atoms with E-state index in [1.54, 1.807) is 0 Å². The van der Waals surface area contributed by atoms with Crippen LogP contribution in [0.2, 0.25) is 0 Å². The van der Waals surface area contributed by atoms with Crippen molar-refractivity contribution in [2.75, 3.05) is 39.8 Å². The van der Waals surface area contributed by atoms with E-state index in [9.17, 15) is 0 Å². The lowest BCUT2D eigenvalue weighted by molar-refractivity contribution is 0.105. The zero-order chi connectivity index (χ0) is 14.0. The highest BCUT2D eigenvalue weighted by molar-refractivity contribution is 4.89. The number of likely N-dealkylation sites (N-methyl/N-ethyl adjacent to an activating group) is 1. The summed E-state index contributed by atoms with van der Waals surface area (Å²) in [5.41, 5.74) is 0.487. The molecule has 1 atom stereocenters. The van der Waals surface area contributed by atoms with Crippen molar-refractivity contribution in [1.82, 2.24) is 15.1 Å². The summed E-state index contributed by atoms with van der Waals surface area (Å²) in [7, 11) is 2.21. The molecule has 0 aliphatic carbocycles. The summed E-state index contributed by atoms with van der Waals surface area (Å²) in [6, 6.07) is 0.543. The first-order valence-corrected chi connectivity index (χ1v) is 7.26. The Hall–Kier alpha value is -0.120. The summed E-state index contributed by atoms with van der Waals surface area (Å²) >= 11 is 0. The van der Waals surface area contributed by atoms with Crippen LogP contribution in [-0.2, 0) is 0 Å². The summed E-state index contributed by atoms with van der Waals surface area (Å²) in [4.78, 5) is 5.02. The average Bonchev–Trinajstić information content (AvgIpc) is 2.17. The van der Waals surface area contributed by atoms with Crippen LogP contribution in [-0.4, -0.2) is 61.2 Å². The zero-order valence-corrected chi connectivity index (χ0v) is 13.5. The second-order valence-corrected chi connectivity index (χ2v) is 7.92. The van der Waals surface area contributed by atoms with Crippen LogP contribution >= 0.6 is 0 Å². The van der Waals surface area contributed by atoms with Gasteiger partial charge in [0.15, 0.2) is 0 Å². The normalized spacial score (nSPS) is 22.2. The van der Waals surface area contributed by atoms with Gasteiger partial charge in [-0.05, 0) is 33.2 Å². The van der Waals surface area contributed by atoms with Gasteiger partial charge < -0.3 is 10.2 Å². The molecule has 1 unspecified atom stereocenters. The van der Waals surface area contributed by atoms with E-state index in [0.717, 1.165) is 6.54 Å². The molecule has 0 amide bonds. The topological polar surface area (TPSA) is 18.5 Å². The van der Waals surface area contributed by atoms with Crippen LogP contribution in [0.3, 0.4) is 0 Å². The van der Waals surface area contributed by atoms with Crippen LogP contribution in [0, 0.1) is 5.41 Å². The minimum atomic E-state index is 0.185. The molecule has 0 bridgehead atoms. The first kappa shape index (κ1) is 15.9. The maximum atomic E-state index is 3.80. The number of rotatable bonds is 3. The SMILES string of the molecule is CN1CCN(CC(NC(C)(C)C)C(C)(C)C)CC1. The molecule has 1 rings (SSSR count). The fourth-order valence-electron chi connectivity index (χ4n) is 2.35. The Morgan fingerprint density at radius 1 is 0.944 bits per heavy atom. The molecule has 18 heavy (non-hydrogen) atoms. The van der Waals surface area contributed by atoms with E-state index in [1.807, 2.05) is 0 Å². The number of nitrogens with one attached hydrogen (secondary N) is 1. The molecule has 1 heterocycles. The third-order valence-electron chi connectivity index (χ3n) is 3.69. The molecular weight excluding hydrogens is 222 g/mol. The minimum absolute atomic E-state index is 0.185. The average molecular weight is 255 g/mol. The molecule has 0 radical (unpaired) electrons. The Kier molecular flexibility index (Phi) is 5.22. The zero-order valence-electron chi connectivity index (χ0n) is 13.5. The summed E-state index contributed by atoms with van der Waals surface area (Å²) < 4.78 is 0. The standard InChI is InChI=1S/C15H33N3/c1-14(2,3)13(16-15(4,5)6)12-18-10-8-17(7)9-11-18/h13,16H,8-12H2,1-7H3. The van der Waals surface area contributed by atoms with Crippen molar-refractivity contribution in [1.29, 1.82) is 0 Å². The van der Waals surface area contributed by atoms with Gasteiger partial charge >= 0.3 is 0 Å². The van der Waals surface area contributed by atoms with Gasteiger partial charge in [0.05, 0.1) is 0 Å². The van der Waals surface area contributed by atoms with Crippen molar-refractivity contribution in [3.05, 3.63) is 0 Å². The summed E-state index contributed by atoms with van der Waals surface area (Å²) in [5, 5.41) is 3.80. The van der Waals surface area contributed by atoms with Gasteiger partial charge in [0.25, 0.3) is 0 Å². The van der Waals surface area contributed by atoms with Crippen LogP contribution in [0.1, 0.15) is 41.5 Å². The molecule has 1 aliphatic rings. The second kappa shape index (κ2) is 5.89. The molecule has 1 N–H and O–H groups in total. The Morgan fingerprint density at radius 3 is 1.83 bits per heavy atom. The Balaban J connectivity index is 2.56. The highest BCUT2D eigenvalue weighted by atomic mass is 15.3. The van der Waals surface area contributed by atoms with Crippen LogP contribution in [0.25, 0.3) is 0 Å². The van der Waals surface area contributed by atoms with Gasteiger partial charge in [0.1, 0.15) is 0 Å². The third kappa shape index (κ3) is 5.68. The number of nitrogens with zero attached hydrogens (tertiary/aromatic N) is 2. The number of piperazine rings is 1. The lowest BCUT2D eigenvalue weighted by Gasteiger charge is -2.42. The minimum Gasteiger partial charge on any atom is -0.308 e. The number of hydrogen-bond acceptors (Lipinski definition) is 3. The number of hydrogen-bond donors (Lipinski definition) is 1.